The maximum atomic E-state index is 11.6. The highest BCUT2D eigenvalue weighted by Crippen LogP contribution is 2.20. The van der Waals surface area contributed by atoms with Gasteiger partial charge in [-0.1, -0.05) is 49.0 Å². The minimum absolute atomic E-state index is 0.150. The van der Waals surface area contributed by atoms with Crippen molar-refractivity contribution in [2.24, 2.45) is 0 Å². The van der Waals surface area contributed by atoms with Gasteiger partial charge in [-0.15, -0.1) is 0 Å². The number of phenolic OH excluding ortho intramolecular Hbond substituents is 1. The van der Waals surface area contributed by atoms with Crippen LogP contribution in [0.4, 0.5) is 0 Å². The van der Waals surface area contributed by atoms with Crippen LogP contribution in [-0.4, -0.2) is 11.0 Å². The molecule has 0 radical (unpaired) electrons. The van der Waals surface area contributed by atoms with Crippen LogP contribution in [0.25, 0.3) is 0 Å². The lowest BCUT2D eigenvalue weighted by Crippen LogP contribution is -2.28. The molecule has 0 heterocycles. The zero-order valence-electron chi connectivity index (χ0n) is 11.1. The third kappa shape index (κ3) is 3.72. The van der Waals surface area contributed by atoms with Crippen molar-refractivity contribution in [1.29, 1.82) is 0 Å². The Morgan fingerprint density at radius 1 is 1.20 bits per heavy atom. The Labute approximate surface area is 118 Å². The molecule has 3 nitrogen and oxygen atoms in total. The normalized spacial score (nSPS) is 11.6. The van der Waals surface area contributed by atoms with E-state index >= 15 is 0 Å². The van der Waals surface area contributed by atoms with E-state index in [0.717, 1.165) is 11.1 Å². The smallest absolute Gasteiger partial charge is 0.243 e. The van der Waals surface area contributed by atoms with Crippen LogP contribution in [0.5, 0.6) is 5.75 Å². The largest absolute Gasteiger partial charge is 0.508 e. The highest BCUT2D eigenvalue weighted by Gasteiger charge is 2.13. The van der Waals surface area contributed by atoms with Gasteiger partial charge in [-0.05, 0) is 35.8 Å². The number of aromatic hydroxyl groups is 1. The van der Waals surface area contributed by atoms with E-state index in [1.54, 1.807) is 18.2 Å². The van der Waals surface area contributed by atoms with Gasteiger partial charge < -0.3 is 10.4 Å². The summed E-state index contributed by atoms with van der Waals surface area (Å²) in [5.74, 6) is 0.0170. The molecule has 102 valence electrons. The Kier molecular flexibility index (Phi) is 4.56. The monoisotopic (exact) mass is 267 g/mol. The van der Waals surface area contributed by atoms with Crippen LogP contribution in [0.2, 0.25) is 0 Å². The Hall–Kier alpha value is -2.55. The first-order chi connectivity index (χ1) is 9.69. The van der Waals surface area contributed by atoms with Crippen LogP contribution < -0.4 is 5.32 Å². The van der Waals surface area contributed by atoms with Crippen LogP contribution in [0.3, 0.4) is 0 Å². The molecule has 0 bridgehead atoms. The van der Waals surface area contributed by atoms with Gasteiger partial charge in [0.1, 0.15) is 5.75 Å². The van der Waals surface area contributed by atoms with E-state index in [-0.39, 0.29) is 17.7 Å². The van der Waals surface area contributed by atoms with Crippen LogP contribution in [0, 0.1) is 0 Å². The lowest BCUT2D eigenvalue weighted by atomic mass is 9.98. The van der Waals surface area contributed by atoms with Gasteiger partial charge in [-0.25, -0.2) is 0 Å². The fraction of sp³-hybridized carbons (Fsp3) is 0.118. The maximum absolute atomic E-state index is 11.6. The summed E-state index contributed by atoms with van der Waals surface area (Å²) in [6, 6.07) is 16.6. The first-order valence-electron chi connectivity index (χ1n) is 6.45. The van der Waals surface area contributed by atoms with Crippen LogP contribution in [-0.2, 0) is 11.2 Å². The summed E-state index contributed by atoms with van der Waals surface area (Å²) in [5.41, 5.74) is 1.98. The first-order valence-corrected chi connectivity index (χ1v) is 6.45. The van der Waals surface area contributed by atoms with Crippen molar-refractivity contribution in [3.8, 4) is 5.75 Å². The van der Waals surface area contributed by atoms with Gasteiger partial charge in [0.25, 0.3) is 0 Å². The number of nitrogens with one attached hydrogen (secondary N) is 1. The molecule has 0 aliphatic heterocycles. The van der Waals surface area contributed by atoms with Gasteiger partial charge in [0.15, 0.2) is 0 Å². The summed E-state index contributed by atoms with van der Waals surface area (Å²) >= 11 is 0. The fourth-order valence-corrected chi connectivity index (χ4v) is 2.09. The molecule has 2 rings (SSSR count). The molecule has 2 N–H and O–H groups in total. The van der Waals surface area contributed by atoms with Crippen molar-refractivity contribution in [2.45, 2.75) is 12.5 Å². The first kappa shape index (κ1) is 13.9. The highest BCUT2D eigenvalue weighted by atomic mass is 16.3. The lowest BCUT2D eigenvalue weighted by Gasteiger charge is -2.18. The van der Waals surface area contributed by atoms with E-state index in [2.05, 4.69) is 11.9 Å². The Morgan fingerprint density at radius 3 is 2.60 bits per heavy atom. The Balaban J connectivity index is 2.22. The summed E-state index contributed by atoms with van der Waals surface area (Å²) in [5, 5.41) is 12.4. The van der Waals surface area contributed by atoms with E-state index < -0.39 is 0 Å². The molecule has 3 heteroatoms. The molecule has 0 aromatic heterocycles. The van der Waals surface area contributed by atoms with Gasteiger partial charge >= 0.3 is 0 Å². The molecule has 20 heavy (non-hydrogen) atoms. The molecule has 0 aliphatic carbocycles. The number of hydrogen-bond donors (Lipinski definition) is 2. The number of carbonyl (C=O) groups is 1. The maximum Gasteiger partial charge on any atom is 0.243 e. The van der Waals surface area contributed by atoms with Gasteiger partial charge in [0.2, 0.25) is 5.91 Å². The summed E-state index contributed by atoms with van der Waals surface area (Å²) < 4.78 is 0. The molecular formula is C17H17NO2. The standard InChI is InChI=1S/C17H17NO2/c1-2-17(20)18-16(14-8-4-3-5-9-14)12-13-7-6-10-15(19)11-13/h2-11,16,19H,1,12H2,(H,18,20). The van der Waals surface area contributed by atoms with Gasteiger partial charge in [0, 0.05) is 0 Å². The predicted octanol–water partition coefficient (Wildman–Crippen LogP) is 2.98. The molecular weight excluding hydrogens is 250 g/mol. The minimum Gasteiger partial charge on any atom is -0.508 e. The third-order valence-electron chi connectivity index (χ3n) is 3.05. The molecule has 0 saturated carbocycles. The number of amides is 1. The second kappa shape index (κ2) is 6.57. The molecule has 1 unspecified atom stereocenters. The fourth-order valence-electron chi connectivity index (χ4n) is 2.09. The topological polar surface area (TPSA) is 49.3 Å². The van der Waals surface area contributed by atoms with Crippen LogP contribution in [0.15, 0.2) is 67.3 Å². The number of carbonyl (C=O) groups excluding carboxylic acids is 1. The van der Waals surface area contributed by atoms with Crippen LogP contribution >= 0.6 is 0 Å². The minimum atomic E-state index is -0.209. The Morgan fingerprint density at radius 2 is 1.95 bits per heavy atom. The van der Waals surface area contributed by atoms with Crippen molar-refractivity contribution in [2.75, 3.05) is 0 Å². The van der Waals surface area contributed by atoms with Crippen molar-refractivity contribution in [1.82, 2.24) is 5.32 Å². The van der Waals surface area contributed by atoms with Crippen molar-refractivity contribution >= 4 is 5.91 Å². The summed E-state index contributed by atoms with van der Waals surface area (Å²) in [6.07, 6.45) is 1.87. The van der Waals surface area contributed by atoms with Crippen molar-refractivity contribution in [3.05, 3.63) is 78.4 Å². The average molecular weight is 267 g/mol. The van der Waals surface area contributed by atoms with E-state index in [9.17, 15) is 9.90 Å². The summed E-state index contributed by atoms with van der Waals surface area (Å²) in [4.78, 5) is 11.6. The van der Waals surface area contributed by atoms with E-state index in [0.29, 0.717) is 6.42 Å². The van der Waals surface area contributed by atoms with Crippen molar-refractivity contribution < 1.29 is 9.90 Å². The van der Waals surface area contributed by atoms with Gasteiger partial charge in [0.05, 0.1) is 6.04 Å². The third-order valence-corrected chi connectivity index (χ3v) is 3.05. The quantitative estimate of drug-likeness (QED) is 0.818. The number of rotatable bonds is 5. The SMILES string of the molecule is C=CC(=O)NC(Cc1cccc(O)c1)c1ccccc1. The van der Waals surface area contributed by atoms with E-state index in [1.165, 1.54) is 6.08 Å². The summed E-state index contributed by atoms with van der Waals surface area (Å²) in [7, 11) is 0. The van der Waals surface area contributed by atoms with Gasteiger partial charge in [-0.3, -0.25) is 4.79 Å². The molecule has 2 aromatic rings. The molecule has 0 aliphatic rings. The average Bonchev–Trinajstić information content (AvgIpc) is 2.47. The highest BCUT2D eigenvalue weighted by molar-refractivity contribution is 5.87. The summed E-state index contributed by atoms with van der Waals surface area (Å²) in [6.45, 7) is 3.48. The van der Waals surface area contributed by atoms with E-state index in [4.69, 9.17) is 0 Å². The zero-order valence-corrected chi connectivity index (χ0v) is 11.1. The molecule has 0 fully saturated rings. The molecule has 1 atom stereocenters. The number of phenols is 1. The van der Waals surface area contributed by atoms with Crippen molar-refractivity contribution in [3.63, 3.8) is 0 Å². The molecule has 2 aromatic carbocycles. The lowest BCUT2D eigenvalue weighted by molar-refractivity contribution is -0.117. The predicted molar refractivity (Wildman–Crippen MR) is 79.3 cm³/mol. The second-order valence-electron chi connectivity index (χ2n) is 4.55. The molecule has 0 saturated heterocycles. The van der Waals surface area contributed by atoms with Gasteiger partial charge in [-0.2, -0.15) is 0 Å². The van der Waals surface area contributed by atoms with Crippen LogP contribution in [0.1, 0.15) is 17.2 Å². The molecule has 1 amide bonds. The Bertz CT molecular complexity index is 593. The molecule has 0 spiro atoms. The zero-order chi connectivity index (χ0) is 14.4. The number of benzene rings is 2. The number of hydrogen-bond acceptors (Lipinski definition) is 2. The van der Waals surface area contributed by atoms with E-state index in [1.807, 2.05) is 36.4 Å². The second-order valence-corrected chi connectivity index (χ2v) is 4.55.